The number of ether oxygens (including phenoxy) is 1. The van der Waals surface area contributed by atoms with Gasteiger partial charge in [0.2, 0.25) is 0 Å². The van der Waals surface area contributed by atoms with E-state index in [2.05, 4.69) is 22.5 Å². The van der Waals surface area contributed by atoms with E-state index in [1.54, 1.807) is 11.3 Å². The average molecular weight is 303 g/mol. The maximum absolute atomic E-state index is 11.4. The van der Waals surface area contributed by atoms with E-state index in [1.165, 1.54) is 4.88 Å². The molecular formula is C15H17N3O2S. The maximum Gasteiger partial charge on any atom is 0.262 e. The van der Waals surface area contributed by atoms with E-state index in [9.17, 15) is 4.79 Å². The second-order valence-electron chi connectivity index (χ2n) is 5.06. The zero-order valence-corrected chi connectivity index (χ0v) is 12.8. The summed E-state index contributed by atoms with van der Waals surface area (Å²) in [7, 11) is 0. The number of benzene rings is 1. The second-order valence-corrected chi connectivity index (χ2v) is 6.00. The van der Waals surface area contributed by atoms with Crippen LogP contribution in [0.25, 0.3) is 0 Å². The van der Waals surface area contributed by atoms with Crippen LogP contribution in [0.15, 0.2) is 23.7 Å². The van der Waals surface area contributed by atoms with Crippen molar-refractivity contribution in [3.63, 3.8) is 0 Å². The number of carbonyl (C=O) groups is 1. The molecule has 1 aliphatic heterocycles. The highest BCUT2D eigenvalue weighted by Gasteiger charge is 2.17. The Kier molecular flexibility index (Phi) is 3.90. The quantitative estimate of drug-likeness (QED) is 0.911. The van der Waals surface area contributed by atoms with Gasteiger partial charge in [0.15, 0.2) is 6.61 Å². The van der Waals surface area contributed by atoms with E-state index >= 15 is 0 Å². The number of thiazole rings is 1. The van der Waals surface area contributed by atoms with Gasteiger partial charge in [-0.25, -0.2) is 4.98 Å². The van der Waals surface area contributed by atoms with Crippen molar-refractivity contribution in [2.24, 2.45) is 0 Å². The van der Waals surface area contributed by atoms with Crippen molar-refractivity contribution in [1.82, 2.24) is 10.3 Å². The molecule has 1 aromatic carbocycles. The first-order chi connectivity index (χ1) is 10.1. The van der Waals surface area contributed by atoms with Crippen LogP contribution in [0.2, 0.25) is 0 Å². The fourth-order valence-electron chi connectivity index (χ4n) is 2.23. The number of fused-ring (bicyclic) bond motifs is 1. The second kappa shape index (κ2) is 5.83. The molecule has 0 saturated carbocycles. The molecule has 1 amide bonds. The van der Waals surface area contributed by atoms with Gasteiger partial charge >= 0.3 is 0 Å². The number of hydrogen-bond acceptors (Lipinski definition) is 5. The smallest absolute Gasteiger partial charge is 0.262 e. The first kappa shape index (κ1) is 14.0. The van der Waals surface area contributed by atoms with Crippen LogP contribution in [-0.2, 0) is 11.3 Å². The Hall–Kier alpha value is -1.92. The van der Waals surface area contributed by atoms with Gasteiger partial charge in [-0.2, -0.15) is 0 Å². The molecule has 0 spiro atoms. The summed E-state index contributed by atoms with van der Waals surface area (Å²) in [4.78, 5) is 16.9. The molecule has 0 aliphatic carbocycles. The summed E-state index contributed by atoms with van der Waals surface area (Å²) in [6.07, 6.45) is 0. The Morgan fingerprint density at radius 1 is 1.52 bits per heavy atom. The summed E-state index contributed by atoms with van der Waals surface area (Å²) in [5, 5.41) is 6.31. The van der Waals surface area contributed by atoms with E-state index in [0.717, 1.165) is 29.2 Å². The topological polar surface area (TPSA) is 63.2 Å². The molecule has 0 unspecified atom stereocenters. The molecule has 2 aromatic rings. The average Bonchev–Trinajstić information content (AvgIpc) is 2.89. The number of aromatic nitrogens is 1. The van der Waals surface area contributed by atoms with Gasteiger partial charge in [0.05, 0.1) is 16.9 Å². The molecule has 1 atom stereocenters. The van der Waals surface area contributed by atoms with Crippen LogP contribution in [0.1, 0.15) is 29.1 Å². The minimum Gasteiger partial charge on any atom is -0.482 e. The van der Waals surface area contributed by atoms with E-state index in [-0.39, 0.29) is 18.6 Å². The lowest BCUT2D eigenvalue weighted by Gasteiger charge is -2.21. The lowest BCUT2D eigenvalue weighted by Crippen LogP contribution is -2.26. The van der Waals surface area contributed by atoms with Crippen LogP contribution in [0, 0.1) is 6.92 Å². The number of amides is 1. The Labute approximate surface area is 127 Å². The minimum absolute atomic E-state index is 0.0881. The number of anilines is 1. The molecule has 0 fully saturated rings. The molecule has 1 aliphatic rings. The molecule has 3 rings (SSSR count). The van der Waals surface area contributed by atoms with Crippen molar-refractivity contribution in [2.75, 3.05) is 11.9 Å². The zero-order valence-electron chi connectivity index (χ0n) is 12.0. The van der Waals surface area contributed by atoms with E-state index in [4.69, 9.17) is 4.74 Å². The fourth-order valence-corrected chi connectivity index (χ4v) is 2.96. The van der Waals surface area contributed by atoms with Gasteiger partial charge in [-0.1, -0.05) is 6.07 Å². The van der Waals surface area contributed by atoms with Crippen LogP contribution in [0.5, 0.6) is 5.75 Å². The predicted octanol–water partition coefficient (Wildman–Crippen LogP) is 2.63. The maximum atomic E-state index is 11.4. The van der Waals surface area contributed by atoms with Crippen LogP contribution >= 0.6 is 11.3 Å². The third-order valence-electron chi connectivity index (χ3n) is 3.55. The highest BCUT2D eigenvalue weighted by molar-refractivity contribution is 7.09. The van der Waals surface area contributed by atoms with E-state index in [1.807, 2.05) is 30.6 Å². The standard InChI is InChI=1S/C15H17N3O2S/c1-9(16-6-14-10(2)17-8-21-14)11-3-4-13-12(5-11)18-15(19)7-20-13/h3-5,8-9,16H,6-7H2,1-2H3,(H,18,19)/t9-/m0/s1. The van der Waals surface area contributed by atoms with Crippen LogP contribution in [-0.4, -0.2) is 17.5 Å². The largest absolute Gasteiger partial charge is 0.482 e. The summed E-state index contributed by atoms with van der Waals surface area (Å²) >= 11 is 1.66. The molecule has 0 saturated heterocycles. The predicted molar refractivity (Wildman–Crippen MR) is 82.7 cm³/mol. The van der Waals surface area contributed by atoms with Crippen molar-refractivity contribution in [2.45, 2.75) is 26.4 Å². The van der Waals surface area contributed by atoms with E-state index in [0.29, 0.717) is 0 Å². The monoisotopic (exact) mass is 303 g/mol. The highest BCUT2D eigenvalue weighted by atomic mass is 32.1. The van der Waals surface area contributed by atoms with Gasteiger partial charge in [0, 0.05) is 17.5 Å². The molecule has 5 nitrogen and oxygen atoms in total. The summed E-state index contributed by atoms with van der Waals surface area (Å²) in [6.45, 7) is 5.00. The molecule has 2 heterocycles. The normalized spacial score (nSPS) is 15.0. The SMILES string of the molecule is Cc1ncsc1CN[C@@H](C)c1ccc2c(c1)NC(=O)CO2. The van der Waals surface area contributed by atoms with Crippen molar-refractivity contribution >= 4 is 22.9 Å². The van der Waals surface area contributed by atoms with Crippen LogP contribution in [0.3, 0.4) is 0 Å². The molecule has 110 valence electrons. The fraction of sp³-hybridized carbons (Fsp3) is 0.333. The van der Waals surface area contributed by atoms with Crippen molar-refractivity contribution in [3.05, 3.63) is 39.8 Å². The van der Waals surface area contributed by atoms with E-state index < -0.39 is 0 Å². The van der Waals surface area contributed by atoms with Crippen molar-refractivity contribution in [1.29, 1.82) is 0 Å². The number of rotatable bonds is 4. The van der Waals surface area contributed by atoms with Crippen molar-refractivity contribution < 1.29 is 9.53 Å². The van der Waals surface area contributed by atoms with Gasteiger partial charge in [-0.3, -0.25) is 4.79 Å². The number of aryl methyl sites for hydroxylation is 1. The number of hydrogen-bond donors (Lipinski definition) is 2. The third-order valence-corrected chi connectivity index (χ3v) is 4.49. The van der Waals surface area contributed by atoms with Gasteiger partial charge in [0.1, 0.15) is 5.75 Å². The highest BCUT2D eigenvalue weighted by Crippen LogP contribution is 2.30. The van der Waals surface area contributed by atoms with Crippen LogP contribution < -0.4 is 15.4 Å². The number of nitrogens with one attached hydrogen (secondary N) is 2. The van der Waals surface area contributed by atoms with Gasteiger partial charge in [-0.05, 0) is 31.5 Å². The molecule has 2 N–H and O–H groups in total. The summed E-state index contributed by atoms with van der Waals surface area (Å²) in [5.74, 6) is 0.615. The van der Waals surface area contributed by atoms with Crippen LogP contribution in [0.4, 0.5) is 5.69 Å². The zero-order chi connectivity index (χ0) is 14.8. The molecule has 0 radical (unpaired) electrons. The summed E-state index contributed by atoms with van der Waals surface area (Å²) in [6, 6.07) is 6.06. The van der Waals surface area contributed by atoms with Gasteiger partial charge < -0.3 is 15.4 Å². The van der Waals surface area contributed by atoms with Gasteiger partial charge in [-0.15, -0.1) is 11.3 Å². The number of nitrogens with zero attached hydrogens (tertiary/aromatic N) is 1. The Morgan fingerprint density at radius 2 is 2.38 bits per heavy atom. The van der Waals surface area contributed by atoms with Gasteiger partial charge in [0.25, 0.3) is 5.91 Å². The summed E-state index contributed by atoms with van der Waals surface area (Å²) in [5.41, 5.74) is 4.79. The molecule has 1 aromatic heterocycles. The lowest BCUT2D eigenvalue weighted by molar-refractivity contribution is -0.118. The molecule has 6 heteroatoms. The Bertz CT molecular complexity index is 669. The van der Waals surface area contributed by atoms with Crippen molar-refractivity contribution in [3.8, 4) is 5.75 Å². The Balaban J connectivity index is 1.70. The Morgan fingerprint density at radius 3 is 3.14 bits per heavy atom. The first-order valence-corrected chi connectivity index (χ1v) is 7.70. The third kappa shape index (κ3) is 3.06. The first-order valence-electron chi connectivity index (χ1n) is 6.82. The summed E-state index contributed by atoms with van der Waals surface area (Å²) < 4.78 is 5.37. The molecule has 21 heavy (non-hydrogen) atoms. The minimum atomic E-state index is -0.111. The lowest BCUT2D eigenvalue weighted by atomic mass is 10.1. The molecular weight excluding hydrogens is 286 g/mol. The number of carbonyl (C=O) groups excluding carboxylic acids is 1. The molecule has 0 bridgehead atoms.